The largest absolute Gasteiger partial charge is 0.329 e. The minimum atomic E-state index is -0.248. The lowest BCUT2D eigenvalue weighted by molar-refractivity contribution is -0.105. The molecule has 0 saturated heterocycles. The number of benzene rings is 1. The number of nitrogens with zero attached hydrogens (tertiary/aromatic N) is 1. The number of nitrogens with one attached hydrogen (secondary N) is 1. The highest BCUT2D eigenvalue weighted by atomic mass is 16.2. The first-order valence-electron chi connectivity index (χ1n) is 5.44. The maximum Gasteiger partial charge on any atom is 0.261 e. The highest BCUT2D eigenvalue weighted by Gasteiger charge is 2.44. The Morgan fingerprint density at radius 2 is 1.88 bits per heavy atom. The minimum Gasteiger partial charge on any atom is -0.329 e. The molecule has 1 aliphatic heterocycles. The van der Waals surface area contributed by atoms with Gasteiger partial charge in [0.15, 0.2) is 0 Å². The summed E-state index contributed by atoms with van der Waals surface area (Å²) in [6.45, 7) is 0. The fourth-order valence-electron chi connectivity index (χ4n) is 2.08. The van der Waals surface area contributed by atoms with E-state index in [-0.39, 0.29) is 17.9 Å². The van der Waals surface area contributed by atoms with E-state index in [0.717, 1.165) is 12.8 Å². The Kier molecular flexibility index (Phi) is 2.01. The van der Waals surface area contributed by atoms with Gasteiger partial charge in [-0.25, -0.2) is 0 Å². The molecule has 3 amide bonds. The summed E-state index contributed by atoms with van der Waals surface area (Å²) in [7, 11) is 0. The van der Waals surface area contributed by atoms with E-state index in [0.29, 0.717) is 23.2 Å². The summed E-state index contributed by atoms with van der Waals surface area (Å²) in [5.41, 5.74) is 1.34. The van der Waals surface area contributed by atoms with E-state index in [9.17, 15) is 14.4 Å². The number of hydrogen-bond acceptors (Lipinski definition) is 3. The van der Waals surface area contributed by atoms with Crippen molar-refractivity contribution in [2.75, 3.05) is 5.32 Å². The summed E-state index contributed by atoms with van der Waals surface area (Å²) in [6, 6.07) is 4.83. The number of carbonyl (C=O) groups excluding carboxylic acids is 3. The maximum atomic E-state index is 12.0. The summed E-state index contributed by atoms with van der Waals surface area (Å²) in [5, 5.41) is 2.47. The van der Waals surface area contributed by atoms with Crippen molar-refractivity contribution in [2.24, 2.45) is 0 Å². The first-order chi connectivity index (χ1) is 8.22. The van der Waals surface area contributed by atoms with Gasteiger partial charge in [0, 0.05) is 11.7 Å². The van der Waals surface area contributed by atoms with E-state index in [2.05, 4.69) is 5.32 Å². The van der Waals surface area contributed by atoms with Gasteiger partial charge in [0.05, 0.1) is 11.1 Å². The lowest BCUT2D eigenvalue weighted by Crippen LogP contribution is -2.31. The third-order valence-corrected chi connectivity index (χ3v) is 3.06. The standard InChI is InChI=1S/C12H10N2O3/c15-6-13-7-1-4-9-10(5-7)12(17)14(11(9)16)8-2-3-8/h1,4-6,8H,2-3H2,(H,13,15). The number of rotatable bonds is 3. The van der Waals surface area contributed by atoms with Crippen LogP contribution in [0.15, 0.2) is 18.2 Å². The zero-order valence-corrected chi connectivity index (χ0v) is 8.97. The number of imide groups is 1. The van der Waals surface area contributed by atoms with E-state index in [1.807, 2.05) is 0 Å². The summed E-state index contributed by atoms with van der Waals surface area (Å²) < 4.78 is 0. The molecule has 0 bridgehead atoms. The molecule has 1 N–H and O–H groups in total. The second-order valence-electron chi connectivity index (χ2n) is 4.23. The second-order valence-corrected chi connectivity index (χ2v) is 4.23. The zero-order chi connectivity index (χ0) is 12.0. The van der Waals surface area contributed by atoms with Gasteiger partial charge in [-0.3, -0.25) is 19.3 Å². The number of amides is 3. The summed E-state index contributed by atoms with van der Waals surface area (Å²) in [4.78, 5) is 35.7. The van der Waals surface area contributed by atoms with Crippen molar-refractivity contribution in [3.8, 4) is 0 Å². The molecular weight excluding hydrogens is 220 g/mol. The summed E-state index contributed by atoms with van der Waals surface area (Å²) in [6.07, 6.45) is 2.33. The molecule has 1 fully saturated rings. The first-order valence-corrected chi connectivity index (χ1v) is 5.44. The van der Waals surface area contributed by atoms with Crippen LogP contribution < -0.4 is 5.32 Å². The van der Waals surface area contributed by atoms with Crippen molar-refractivity contribution >= 4 is 23.9 Å². The average molecular weight is 230 g/mol. The molecule has 0 spiro atoms. The smallest absolute Gasteiger partial charge is 0.261 e. The molecule has 3 rings (SSSR count). The molecule has 2 aliphatic rings. The molecular formula is C12H10N2O3. The third kappa shape index (κ3) is 1.43. The van der Waals surface area contributed by atoms with Crippen LogP contribution in [0.3, 0.4) is 0 Å². The molecule has 0 radical (unpaired) electrons. The van der Waals surface area contributed by atoms with Crippen LogP contribution in [0.4, 0.5) is 5.69 Å². The van der Waals surface area contributed by atoms with Crippen LogP contribution in [-0.2, 0) is 4.79 Å². The molecule has 5 heteroatoms. The Balaban J connectivity index is 2.02. The molecule has 17 heavy (non-hydrogen) atoms. The summed E-state index contributed by atoms with van der Waals surface area (Å²) in [5.74, 6) is -0.466. The van der Waals surface area contributed by atoms with Crippen LogP contribution in [0, 0.1) is 0 Å². The Morgan fingerprint density at radius 1 is 1.18 bits per heavy atom. The Hall–Kier alpha value is -2.17. The number of anilines is 1. The SMILES string of the molecule is O=CNc1ccc2c(c1)C(=O)N(C1CC1)C2=O. The molecule has 1 heterocycles. The van der Waals surface area contributed by atoms with Crippen LogP contribution in [-0.4, -0.2) is 29.2 Å². The lowest BCUT2D eigenvalue weighted by atomic mass is 10.1. The van der Waals surface area contributed by atoms with Gasteiger partial charge in [-0.15, -0.1) is 0 Å². The normalized spacial score (nSPS) is 18.2. The number of carbonyl (C=O) groups is 3. The fourth-order valence-corrected chi connectivity index (χ4v) is 2.08. The predicted octanol–water partition coefficient (Wildman–Crippen LogP) is 1.01. The number of hydrogen-bond donors (Lipinski definition) is 1. The van der Waals surface area contributed by atoms with Crippen molar-refractivity contribution in [3.05, 3.63) is 29.3 Å². The molecule has 1 aromatic carbocycles. The van der Waals surface area contributed by atoms with Gasteiger partial charge in [0.2, 0.25) is 6.41 Å². The molecule has 1 aliphatic carbocycles. The highest BCUT2D eigenvalue weighted by Crippen LogP contribution is 2.35. The second kappa shape index (κ2) is 3.41. The highest BCUT2D eigenvalue weighted by molar-refractivity contribution is 6.22. The van der Waals surface area contributed by atoms with Crippen molar-refractivity contribution < 1.29 is 14.4 Å². The minimum absolute atomic E-state index is 0.0740. The molecule has 1 aromatic rings. The van der Waals surface area contributed by atoms with Crippen LogP contribution in [0.5, 0.6) is 0 Å². The lowest BCUT2D eigenvalue weighted by Gasteiger charge is -2.11. The van der Waals surface area contributed by atoms with Crippen LogP contribution >= 0.6 is 0 Å². The van der Waals surface area contributed by atoms with E-state index in [1.54, 1.807) is 18.2 Å². The maximum absolute atomic E-state index is 12.0. The van der Waals surface area contributed by atoms with Gasteiger partial charge in [-0.2, -0.15) is 0 Å². The van der Waals surface area contributed by atoms with Crippen molar-refractivity contribution in [2.45, 2.75) is 18.9 Å². The van der Waals surface area contributed by atoms with Crippen molar-refractivity contribution in [1.29, 1.82) is 0 Å². The Morgan fingerprint density at radius 3 is 2.53 bits per heavy atom. The van der Waals surface area contributed by atoms with Gasteiger partial charge in [-0.05, 0) is 31.0 Å². The molecule has 0 aromatic heterocycles. The zero-order valence-electron chi connectivity index (χ0n) is 8.97. The molecule has 1 saturated carbocycles. The molecule has 86 valence electrons. The fraction of sp³-hybridized carbons (Fsp3) is 0.250. The topological polar surface area (TPSA) is 66.5 Å². The first kappa shape index (κ1) is 10.0. The molecule has 0 atom stereocenters. The van der Waals surface area contributed by atoms with Crippen LogP contribution in [0.25, 0.3) is 0 Å². The average Bonchev–Trinajstić information content (AvgIpc) is 3.10. The van der Waals surface area contributed by atoms with Crippen molar-refractivity contribution in [1.82, 2.24) is 4.90 Å². The van der Waals surface area contributed by atoms with E-state index < -0.39 is 0 Å². The van der Waals surface area contributed by atoms with E-state index in [4.69, 9.17) is 0 Å². The van der Waals surface area contributed by atoms with Crippen LogP contribution in [0.2, 0.25) is 0 Å². The monoisotopic (exact) mass is 230 g/mol. The molecule has 0 unspecified atom stereocenters. The Labute approximate surface area is 97.4 Å². The Bertz CT molecular complexity index is 535. The van der Waals surface area contributed by atoms with Crippen LogP contribution in [0.1, 0.15) is 33.6 Å². The third-order valence-electron chi connectivity index (χ3n) is 3.06. The quantitative estimate of drug-likeness (QED) is 0.622. The van der Waals surface area contributed by atoms with E-state index in [1.165, 1.54) is 4.90 Å². The van der Waals surface area contributed by atoms with Gasteiger partial charge < -0.3 is 5.32 Å². The van der Waals surface area contributed by atoms with Gasteiger partial charge in [0.25, 0.3) is 11.8 Å². The van der Waals surface area contributed by atoms with Gasteiger partial charge >= 0.3 is 0 Å². The predicted molar refractivity (Wildman–Crippen MR) is 59.7 cm³/mol. The van der Waals surface area contributed by atoms with Gasteiger partial charge in [0.1, 0.15) is 0 Å². The summed E-state index contributed by atoms with van der Waals surface area (Å²) >= 11 is 0. The van der Waals surface area contributed by atoms with E-state index >= 15 is 0 Å². The van der Waals surface area contributed by atoms with Crippen molar-refractivity contribution in [3.63, 3.8) is 0 Å². The number of fused-ring (bicyclic) bond motifs is 1. The van der Waals surface area contributed by atoms with Gasteiger partial charge in [-0.1, -0.05) is 0 Å². The molecule has 5 nitrogen and oxygen atoms in total.